The molecule has 10 nitrogen and oxygen atoms in total. The number of aryl methyl sites for hydroxylation is 1. The van der Waals surface area contributed by atoms with Crippen LogP contribution in [0.2, 0.25) is 0 Å². The molecule has 10 heteroatoms. The van der Waals surface area contributed by atoms with Gasteiger partial charge in [-0.3, -0.25) is 14.3 Å². The quantitative estimate of drug-likeness (QED) is 0.669. The number of aromatic nitrogens is 6. The molecule has 26 heavy (non-hydrogen) atoms. The highest BCUT2D eigenvalue weighted by atomic mass is 16.4. The number of tetrazole rings is 1. The summed E-state index contributed by atoms with van der Waals surface area (Å²) < 4.78 is 2.69. The van der Waals surface area contributed by atoms with E-state index in [-0.39, 0.29) is 12.5 Å². The molecule has 0 aliphatic heterocycles. The third kappa shape index (κ3) is 3.43. The average molecular weight is 355 g/mol. The molecule has 1 amide bonds. The molecule has 0 aliphatic rings. The van der Waals surface area contributed by atoms with Gasteiger partial charge >= 0.3 is 5.97 Å². The topological polar surface area (TPSA) is 128 Å². The number of hydrogen-bond acceptors (Lipinski definition) is 6. The third-order valence-corrected chi connectivity index (χ3v) is 3.91. The number of carbonyl (C=O) groups excluding carboxylic acids is 1. The number of amides is 1. The van der Waals surface area contributed by atoms with E-state index >= 15 is 0 Å². The van der Waals surface area contributed by atoms with Crippen molar-refractivity contribution in [3.8, 4) is 0 Å². The summed E-state index contributed by atoms with van der Waals surface area (Å²) in [6, 6.07) is 8.33. The Bertz CT molecular complexity index is 919. The van der Waals surface area contributed by atoms with Gasteiger partial charge in [-0.15, -0.1) is 5.10 Å². The molecule has 1 atom stereocenters. The van der Waals surface area contributed by atoms with Crippen molar-refractivity contribution in [2.24, 2.45) is 0 Å². The number of carboxylic acids is 1. The lowest BCUT2D eigenvalue weighted by Crippen LogP contribution is -2.28. The Balaban J connectivity index is 1.92. The minimum Gasteiger partial charge on any atom is -0.480 e. The molecule has 2 aromatic heterocycles. The summed E-state index contributed by atoms with van der Waals surface area (Å²) in [6.07, 6.45) is 1.37. The van der Waals surface area contributed by atoms with Crippen LogP contribution in [0.15, 0.2) is 36.7 Å². The van der Waals surface area contributed by atoms with Crippen LogP contribution >= 0.6 is 0 Å². The summed E-state index contributed by atoms with van der Waals surface area (Å²) in [5, 5.41) is 27.0. The van der Waals surface area contributed by atoms with E-state index in [2.05, 4.69) is 25.9 Å². The average Bonchev–Trinajstić information content (AvgIpc) is 3.21. The molecular formula is C16H17N7O3. The van der Waals surface area contributed by atoms with Crippen molar-refractivity contribution in [1.82, 2.24) is 30.0 Å². The van der Waals surface area contributed by atoms with Crippen molar-refractivity contribution >= 4 is 17.6 Å². The first kappa shape index (κ1) is 17.3. The smallest absolute Gasteiger partial charge is 0.325 e. The van der Waals surface area contributed by atoms with Gasteiger partial charge in [0.25, 0.3) is 5.91 Å². The van der Waals surface area contributed by atoms with Gasteiger partial charge in [0.2, 0.25) is 0 Å². The first-order valence-corrected chi connectivity index (χ1v) is 7.81. The number of carboxylic acid groups (broad SMARTS) is 1. The van der Waals surface area contributed by atoms with Crippen LogP contribution in [0.25, 0.3) is 0 Å². The number of rotatable bonds is 6. The van der Waals surface area contributed by atoms with Gasteiger partial charge in [-0.1, -0.05) is 30.3 Å². The molecule has 0 aliphatic carbocycles. The number of benzene rings is 1. The Hall–Kier alpha value is -3.56. The Morgan fingerprint density at radius 3 is 2.58 bits per heavy atom. The fraction of sp³-hybridized carbons (Fsp3) is 0.250. The molecule has 0 unspecified atom stereocenters. The Morgan fingerprint density at radius 1 is 1.23 bits per heavy atom. The van der Waals surface area contributed by atoms with Crippen molar-refractivity contribution in [3.63, 3.8) is 0 Å². The summed E-state index contributed by atoms with van der Waals surface area (Å²) >= 11 is 0. The van der Waals surface area contributed by atoms with Crippen molar-refractivity contribution in [1.29, 1.82) is 0 Å². The molecule has 0 bridgehead atoms. The summed E-state index contributed by atoms with van der Waals surface area (Å²) in [6.45, 7) is 3.13. The van der Waals surface area contributed by atoms with E-state index in [4.69, 9.17) is 5.11 Å². The monoisotopic (exact) mass is 355 g/mol. The van der Waals surface area contributed by atoms with Crippen LogP contribution in [-0.2, 0) is 16.1 Å². The van der Waals surface area contributed by atoms with Crippen LogP contribution in [0.5, 0.6) is 0 Å². The lowest BCUT2D eigenvalue weighted by molar-refractivity contribution is -0.137. The Labute approximate surface area is 148 Å². The van der Waals surface area contributed by atoms with Gasteiger partial charge in [-0.2, -0.15) is 5.10 Å². The number of anilines is 1. The maximum absolute atomic E-state index is 13.0. The van der Waals surface area contributed by atoms with E-state index in [1.165, 1.54) is 15.7 Å². The summed E-state index contributed by atoms with van der Waals surface area (Å²) in [4.78, 5) is 23.9. The highest BCUT2D eigenvalue weighted by Gasteiger charge is 2.26. The van der Waals surface area contributed by atoms with Gasteiger partial charge in [0.15, 0.2) is 6.04 Å². The minimum atomic E-state index is -1.01. The second-order valence-corrected chi connectivity index (χ2v) is 5.69. The predicted octanol–water partition coefficient (Wildman–Crippen LogP) is 0.799. The molecular weight excluding hydrogens is 338 g/mol. The molecule has 1 aromatic carbocycles. The Kier molecular flexibility index (Phi) is 4.74. The molecule has 0 saturated carbocycles. The van der Waals surface area contributed by atoms with Crippen LogP contribution in [0, 0.1) is 13.8 Å². The first-order chi connectivity index (χ1) is 12.5. The van der Waals surface area contributed by atoms with Gasteiger partial charge in [-0.25, -0.2) is 4.68 Å². The molecule has 0 fully saturated rings. The second-order valence-electron chi connectivity index (χ2n) is 5.69. The standard InChI is InChI=1S/C16H17N7O3/c1-10-14(11(2)22(19-10)8-13(24)25)18-16(26)15(23-9-17-20-21-23)12-6-4-3-5-7-12/h3-7,9,15H,8H2,1-2H3,(H,18,26)(H,24,25)/t15-/m0/s1. The highest BCUT2D eigenvalue weighted by Crippen LogP contribution is 2.23. The molecule has 0 saturated heterocycles. The van der Waals surface area contributed by atoms with Gasteiger partial charge in [0.1, 0.15) is 12.9 Å². The SMILES string of the molecule is Cc1nn(CC(=O)O)c(C)c1NC(=O)[C@H](c1ccccc1)n1cnnn1. The van der Waals surface area contributed by atoms with E-state index in [1.807, 2.05) is 18.2 Å². The van der Waals surface area contributed by atoms with Gasteiger partial charge in [0, 0.05) is 0 Å². The van der Waals surface area contributed by atoms with E-state index in [0.717, 1.165) is 0 Å². The van der Waals surface area contributed by atoms with Crippen molar-refractivity contribution in [2.75, 3.05) is 5.32 Å². The minimum absolute atomic E-state index is 0.280. The fourth-order valence-electron chi connectivity index (χ4n) is 2.70. The maximum atomic E-state index is 13.0. The van der Waals surface area contributed by atoms with Crippen LogP contribution in [0.3, 0.4) is 0 Å². The lowest BCUT2D eigenvalue weighted by Gasteiger charge is -2.17. The van der Waals surface area contributed by atoms with Crippen molar-refractivity contribution in [3.05, 3.63) is 53.6 Å². The van der Waals surface area contributed by atoms with Gasteiger partial charge in [0.05, 0.1) is 17.1 Å². The zero-order valence-electron chi connectivity index (χ0n) is 14.2. The van der Waals surface area contributed by atoms with Gasteiger partial charge in [-0.05, 0) is 29.8 Å². The zero-order valence-corrected chi connectivity index (χ0v) is 14.2. The molecule has 0 radical (unpaired) electrons. The summed E-state index contributed by atoms with van der Waals surface area (Å²) in [5.41, 5.74) is 2.28. The zero-order chi connectivity index (χ0) is 18.7. The van der Waals surface area contributed by atoms with E-state index < -0.39 is 12.0 Å². The molecule has 3 rings (SSSR count). The normalized spacial score (nSPS) is 11.9. The molecule has 3 aromatic rings. The number of aliphatic carboxylic acids is 1. The number of hydrogen-bond donors (Lipinski definition) is 2. The fourth-order valence-corrected chi connectivity index (χ4v) is 2.70. The third-order valence-electron chi connectivity index (χ3n) is 3.91. The highest BCUT2D eigenvalue weighted by molar-refractivity contribution is 5.96. The summed E-state index contributed by atoms with van der Waals surface area (Å²) in [7, 11) is 0. The lowest BCUT2D eigenvalue weighted by atomic mass is 10.1. The molecule has 134 valence electrons. The maximum Gasteiger partial charge on any atom is 0.325 e. The van der Waals surface area contributed by atoms with Crippen molar-refractivity contribution in [2.45, 2.75) is 26.4 Å². The summed E-state index contributed by atoms with van der Waals surface area (Å²) in [5.74, 6) is -1.37. The predicted molar refractivity (Wildman–Crippen MR) is 90.4 cm³/mol. The second kappa shape index (κ2) is 7.13. The Morgan fingerprint density at radius 2 is 1.96 bits per heavy atom. The number of carbonyl (C=O) groups is 2. The van der Waals surface area contributed by atoms with Crippen LogP contribution in [0.4, 0.5) is 5.69 Å². The van der Waals surface area contributed by atoms with Crippen LogP contribution in [-0.4, -0.2) is 47.0 Å². The van der Waals surface area contributed by atoms with Crippen molar-refractivity contribution < 1.29 is 14.7 Å². The van der Waals surface area contributed by atoms with Gasteiger partial charge < -0.3 is 10.4 Å². The largest absolute Gasteiger partial charge is 0.480 e. The first-order valence-electron chi connectivity index (χ1n) is 7.81. The molecule has 2 heterocycles. The van der Waals surface area contributed by atoms with E-state index in [9.17, 15) is 9.59 Å². The van der Waals surface area contributed by atoms with Crippen LogP contribution in [0.1, 0.15) is 23.0 Å². The number of nitrogens with one attached hydrogen (secondary N) is 1. The van der Waals surface area contributed by atoms with Crippen LogP contribution < -0.4 is 5.32 Å². The molecule has 0 spiro atoms. The number of nitrogens with zero attached hydrogens (tertiary/aromatic N) is 6. The van der Waals surface area contributed by atoms with E-state index in [0.29, 0.717) is 22.6 Å². The van der Waals surface area contributed by atoms with E-state index in [1.54, 1.807) is 26.0 Å². The molecule has 2 N–H and O–H groups in total.